The van der Waals surface area contributed by atoms with Crippen molar-refractivity contribution in [3.8, 4) is 5.75 Å². The minimum Gasteiger partial charge on any atom is -0.379 e. The summed E-state index contributed by atoms with van der Waals surface area (Å²) in [6.07, 6.45) is 3.94. The summed E-state index contributed by atoms with van der Waals surface area (Å²) in [5.74, 6) is -0.398. The molecule has 1 fully saturated rings. The molecule has 1 N–H and O–H groups in total. The molecule has 0 bridgehead atoms. The van der Waals surface area contributed by atoms with Crippen LogP contribution in [0.15, 0.2) is 47.4 Å². The van der Waals surface area contributed by atoms with Gasteiger partial charge in [0.05, 0.1) is 10.2 Å². The number of nitrogens with zero attached hydrogens (tertiary/aromatic N) is 1. The van der Waals surface area contributed by atoms with Crippen molar-refractivity contribution in [3.63, 3.8) is 0 Å². The molecular weight excluding hydrogens is 403 g/mol. The SMILES string of the molecule is O=C(Nc1nc2ccc(OS(=O)(=O)c3ccc(F)cc3)cc2s1)C1CCCC1. The number of amides is 1. The molecule has 1 aliphatic rings. The Morgan fingerprint density at radius 1 is 1.14 bits per heavy atom. The average molecular weight is 420 g/mol. The van der Waals surface area contributed by atoms with E-state index in [0.29, 0.717) is 15.3 Å². The van der Waals surface area contributed by atoms with Gasteiger partial charge in [-0.15, -0.1) is 0 Å². The van der Waals surface area contributed by atoms with Crippen LogP contribution in [0.1, 0.15) is 25.7 Å². The van der Waals surface area contributed by atoms with Gasteiger partial charge in [0, 0.05) is 12.0 Å². The van der Waals surface area contributed by atoms with Crippen LogP contribution in [0.5, 0.6) is 5.75 Å². The number of carbonyl (C=O) groups is 1. The molecule has 28 heavy (non-hydrogen) atoms. The molecule has 2 aromatic carbocycles. The molecule has 1 saturated carbocycles. The maximum Gasteiger partial charge on any atom is 0.339 e. The smallest absolute Gasteiger partial charge is 0.339 e. The largest absolute Gasteiger partial charge is 0.379 e. The molecule has 0 saturated heterocycles. The Kier molecular flexibility index (Phi) is 5.03. The van der Waals surface area contributed by atoms with Crippen molar-refractivity contribution >= 4 is 42.7 Å². The van der Waals surface area contributed by atoms with Crippen LogP contribution < -0.4 is 9.50 Å². The van der Waals surface area contributed by atoms with E-state index in [1.807, 2.05) is 0 Å². The van der Waals surface area contributed by atoms with Gasteiger partial charge in [0.1, 0.15) is 16.5 Å². The third-order valence-corrected chi connectivity index (χ3v) is 6.82. The van der Waals surface area contributed by atoms with Crippen molar-refractivity contribution in [1.82, 2.24) is 4.98 Å². The van der Waals surface area contributed by atoms with Crippen molar-refractivity contribution in [2.75, 3.05) is 5.32 Å². The molecule has 1 aliphatic carbocycles. The minimum absolute atomic E-state index is 0.0214. The Labute approximate surface area is 165 Å². The molecule has 146 valence electrons. The monoisotopic (exact) mass is 420 g/mol. The predicted molar refractivity (Wildman–Crippen MR) is 104 cm³/mol. The van der Waals surface area contributed by atoms with E-state index in [-0.39, 0.29) is 22.5 Å². The van der Waals surface area contributed by atoms with E-state index >= 15 is 0 Å². The van der Waals surface area contributed by atoms with Gasteiger partial charge in [0.25, 0.3) is 0 Å². The van der Waals surface area contributed by atoms with Crippen LogP contribution in [-0.2, 0) is 14.9 Å². The van der Waals surface area contributed by atoms with E-state index < -0.39 is 15.9 Å². The summed E-state index contributed by atoms with van der Waals surface area (Å²) >= 11 is 1.25. The standard InChI is InChI=1S/C19H17FN2O4S2/c20-13-5-8-15(9-6-13)28(24,25)26-14-7-10-16-17(11-14)27-19(21-16)22-18(23)12-3-1-2-4-12/h5-12H,1-4H2,(H,21,22,23). The number of rotatable bonds is 5. The molecular formula is C19H17FN2O4S2. The van der Waals surface area contributed by atoms with E-state index in [2.05, 4.69) is 10.3 Å². The van der Waals surface area contributed by atoms with Crippen LogP contribution >= 0.6 is 11.3 Å². The van der Waals surface area contributed by atoms with Crippen LogP contribution in [-0.4, -0.2) is 19.3 Å². The number of thiazole rings is 1. The maximum absolute atomic E-state index is 13.0. The third-order valence-electron chi connectivity index (χ3n) is 4.62. The number of carbonyl (C=O) groups excluding carboxylic acids is 1. The lowest BCUT2D eigenvalue weighted by atomic mass is 10.1. The van der Waals surface area contributed by atoms with E-state index in [1.54, 1.807) is 12.1 Å². The summed E-state index contributed by atoms with van der Waals surface area (Å²) in [5, 5.41) is 3.32. The lowest BCUT2D eigenvalue weighted by Crippen LogP contribution is -2.19. The second kappa shape index (κ2) is 7.48. The van der Waals surface area contributed by atoms with Gasteiger partial charge in [-0.3, -0.25) is 4.79 Å². The molecule has 0 atom stereocenters. The topological polar surface area (TPSA) is 85.4 Å². The molecule has 1 heterocycles. The van der Waals surface area contributed by atoms with Crippen LogP contribution in [0, 0.1) is 11.7 Å². The third kappa shape index (κ3) is 4.00. The molecule has 9 heteroatoms. The predicted octanol–water partition coefficient (Wildman–Crippen LogP) is 4.33. The molecule has 6 nitrogen and oxygen atoms in total. The molecule has 3 aromatic rings. The Morgan fingerprint density at radius 2 is 1.86 bits per heavy atom. The van der Waals surface area contributed by atoms with Gasteiger partial charge in [0.2, 0.25) is 5.91 Å². The fourth-order valence-corrected chi connectivity index (χ4v) is 5.00. The summed E-state index contributed by atoms with van der Waals surface area (Å²) in [5.41, 5.74) is 0.637. The lowest BCUT2D eigenvalue weighted by molar-refractivity contribution is -0.119. The van der Waals surface area contributed by atoms with Crippen molar-refractivity contribution in [2.24, 2.45) is 5.92 Å². The highest BCUT2D eigenvalue weighted by Gasteiger charge is 2.23. The summed E-state index contributed by atoms with van der Waals surface area (Å²) in [7, 11) is -4.07. The summed E-state index contributed by atoms with van der Waals surface area (Å²) in [4.78, 5) is 16.5. The zero-order valence-corrected chi connectivity index (χ0v) is 16.4. The number of fused-ring (bicyclic) bond motifs is 1. The van der Waals surface area contributed by atoms with Gasteiger partial charge in [-0.25, -0.2) is 9.37 Å². The van der Waals surface area contributed by atoms with E-state index in [9.17, 15) is 17.6 Å². The molecule has 0 radical (unpaired) electrons. The molecule has 1 aromatic heterocycles. The van der Waals surface area contributed by atoms with E-state index in [1.165, 1.54) is 17.4 Å². The van der Waals surface area contributed by atoms with Crippen molar-refractivity contribution in [3.05, 3.63) is 48.3 Å². The normalized spacial score (nSPS) is 15.0. The van der Waals surface area contributed by atoms with E-state index in [4.69, 9.17) is 4.18 Å². The maximum atomic E-state index is 13.0. The van der Waals surface area contributed by atoms with E-state index in [0.717, 1.165) is 49.9 Å². The summed E-state index contributed by atoms with van der Waals surface area (Å²) < 4.78 is 43.5. The van der Waals surface area contributed by atoms with Crippen LogP contribution in [0.25, 0.3) is 10.2 Å². The number of anilines is 1. The summed E-state index contributed by atoms with van der Waals surface area (Å²) in [6.45, 7) is 0. The van der Waals surface area contributed by atoms with Crippen LogP contribution in [0.2, 0.25) is 0 Å². The minimum atomic E-state index is -4.07. The second-order valence-electron chi connectivity index (χ2n) is 6.61. The molecule has 4 rings (SSSR count). The number of benzene rings is 2. The molecule has 1 amide bonds. The zero-order valence-electron chi connectivity index (χ0n) is 14.7. The van der Waals surface area contributed by atoms with Gasteiger partial charge >= 0.3 is 10.1 Å². The highest BCUT2D eigenvalue weighted by molar-refractivity contribution is 7.87. The number of hydrogen-bond acceptors (Lipinski definition) is 6. The van der Waals surface area contributed by atoms with Gasteiger partial charge in [-0.05, 0) is 49.2 Å². The van der Waals surface area contributed by atoms with Gasteiger partial charge in [-0.2, -0.15) is 8.42 Å². The number of nitrogens with one attached hydrogen (secondary N) is 1. The molecule has 0 aliphatic heterocycles. The quantitative estimate of drug-likeness (QED) is 0.621. The van der Waals surface area contributed by atoms with Crippen LogP contribution in [0.4, 0.5) is 9.52 Å². The first kappa shape index (κ1) is 18.8. The Morgan fingerprint density at radius 3 is 2.57 bits per heavy atom. The number of halogens is 1. The fraction of sp³-hybridized carbons (Fsp3) is 0.263. The summed E-state index contributed by atoms with van der Waals surface area (Å²) in [6, 6.07) is 9.08. The highest BCUT2D eigenvalue weighted by Crippen LogP contribution is 2.32. The molecule has 0 unspecified atom stereocenters. The van der Waals surface area contributed by atoms with Crippen molar-refractivity contribution in [1.29, 1.82) is 0 Å². The van der Waals surface area contributed by atoms with Gasteiger partial charge in [0.15, 0.2) is 5.13 Å². The highest BCUT2D eigenvalue weighted by atomic mass is 32.2. The van der Waals surface area contributed by atoms with Crippen molar-refractivity contribution in [2.45, 2.75) is 30.6 Å². The Bertz CT molecular complexity index is 1120. The number of hydrogen-bond donors (Lipinski definition) is 1. The molecule has 0 spiro atoms. The zero-order chi connectivity index (χ0) is 19.7. The first-order chi connectivity index (χ1) is 13.4. The average Bonchev–Trinajstić information content (AvgIpc) is 3.30. The van der Waals surface area contributed by atoms with Crippen molar-refractivity contribution < 1.29 is 21.8 Å². The second-order valence-corrected chi connectivity index (χ2v) is 9.19. The Balaban J connectivity index is 1.52. The lowest BCUT2D eigenvalue weighted by Gasteiger charge is -2.07. The first-order valence-electron chi connectivity index (χ1n) is 8.82. The number of aromatic nitrogens is 1. The Hall–Kier alpha value is -2.52. The van der Waals surface area contributed by atoms with Crippen LogP contribution in [0.3, 0.4) is 0 Å². The first-order valence-corrected chi connectivity index (χ1v) is 11.0. The fourth-order valence-electron chi connectivity index (χ4n) is 3.18. The van der Waals surface area contributed by atoms with Gasteiger partial charge in [-0.1, -0.05) is 24.2 Å². The van der Waals surface area contributed by atoms with Gasteiger partial charge < -0.3 is 9.50 Å².